The molecule has 0 spiro atoms. The number of carbonyl (C=O) groups is 1. The molecule has 22 heavy (non-hydrogen) atoms. The zero-order chi connectivity index (χ0) is 16.1. The summed E-state index contributed by atoms with van der Waals surface area (Å²) in [5, 5.41) is 12.6. The van der Waals surface area contributed by atoms with E-state index in [1.807, 2.05) is 37.3 Å². The molecule has 0 radical (unpaired) electrons. The summed E-state index contributed by atoms with van der Waals surface area (Å²) in [5.41, 5.74) is 9.96. The molecule has 2 rings (SSSR count). The lowest BCUT2D eigenvalue weighted by Gasteiger charge is -2.11. The SMILES string of the molecule is CCC(=O)c1ccc(Nc2ccc(C[C@@H](C)O)cc2)c(N)c1. The number of nitrogens with one attached hydrogen (secondary N) is 1. The Morgan fingerprint density at radius 3 is 2.45 bits per heavy atom. The molecule has 0 amide bonds. The van der Waals surface area contributed by atoms with Crippen LogP contribution in [0, 0.1) is 0 Å². The number of Topliss-reactive ketones (excluding diaryl/α,β-unsaturated/α-hetero) is 1. The lowest BCUT2D eigenvalue weighted by molar-refractivity contribution is 0.0988. The van der Waals surface area contributed by atoms with Gasteiger partial charge in [0.2, 0.25) is 0 Å². The number of ketones is 1. The van der Waals surface area contributed by atoms with Crippen LogP contribution in [0.4, 0.5) is 17.1 Å². The predicted octanol–water partition coefficient (Wildman–Crippen LogP) is 3.53. The van der Waals surface area contributed by atoms with E-state index in [9.17, 15) is 9.90 Å². The van der Waals surface area contributed by atoms with Crippen molar-refractivity contribution in [2.75, 3.05) is 11.1 Å². The Labute approximate surface area is 131 Å². The van der Waals surface area contributed by atoms with Crippen LogP contribution >= 0.6 is 0 Å². The van der Waals surface area contributed by atoms with Crippen LogP contribution in [-0.4, -0.2) is 17.0 Å². The van der Waals surface area contributed by atoms with Gasteiger partial charge in [-0.1, -0.05) is 19.1 Å². The van der Waals surface area contributed by atoms with E-state index in [0.29, 0.717) is 24.1 Å². The van der Waals surface area contributed by atoms with Crippen molar-refractivity contribution >= 4 is 22.8 Å². The second-order valence-electron chi connectivity index (χ2n) is 5.45. The number of anilines is 3. The smallest absolute Gasteiger partial charge is 0.162 e. The van der Waals surface area contributed by atoms with Crippen LogP contribution in [0.25, 0.3) is 0 Å². The van der Waals surface area contributed by atoms with Crippen LogP contribution in [0.3, 0.4) is 0 Å². The summed E-state index contributed by atoms with van der Waals surface area (Å²) in [6.45, 7) is 3.60. The highest BCUT2D eigenvalue weighted by molar-refractivity contribution is 5.97. The Morgan fingerprint density at radius 1 is 1.23 bits per heavy atom. The largest absolute Gasteiger partial charge is 0.397 e. The molecule has 0 saturated heterocycles. The first-order chi connectivity index (χ1) is 10.5. The summed E-state index contributed by atoms with van der Waals surface area (Å²) >= 11 is 0. The van der Waals surface area contributed by atoms with Gasteiger partial charge in [-0.3, -0.25) is 4.79 Å². The van der Waals surface area contributed by atoms with Gasteiger partial charge in [0.15, 0.2) is 5.78 Å². The van der Waals surface area contributed by atoms with Crippen LogP contribution in [-0.2, 0) is 6.42 Å². The van der Waals surface area contributed by atoms with Crippen LogP contribution in [0.2, 0.25) is 0 Å². The van der Waals surface area contributed by atoms with Crippen molar-refractivity contribution in [3.63, 3.8) is 0 Å². The molecule has 2 aromatic carbocycles. The average molecular weight is 298 g/mol. The number of carbonyl (C=O) groups excluding carboxylic acids is 1. The number of hydrogen-bond donors (Lipinski definition) is 3. The number of benzene rings is 2. The minimum Gasteiger partial charge on any atom is -0.397 e. The minimum absolute atomic E-state index is 0.0840. The van der Waals surface area contributed by atoms with Gasteiger partial charge in [0.25, 0.3) is 0 Å². The topological polar surface area (TPSA) is 75.3 Å². The number of aliphatic hydroxyl groups is 1. The van der Waals surface area contributed by atoms with Gasteiger partial charge < -0.3 is 16.2 Å². The van der Waals surface area contributed by atoms with E-state index < -0.39 is 0 Å². The first kappa shape index (κ1) is 16.0. The van der Waals surface area contributed by atoms with Crippen molar-refractivity contribution in [2.45, 2.75) is 32.8 Å². The number of hydrogen-bond acceptors (Lipinski definition) is 4. The van der Waals surface area contributed by atoms with Crippen molar-refractivity contribution in [1.82, 2.24) is 0 Å². The molecular formula is C18H22N2O2. The third kappa shape index (κ3) is 4.09. The first-order valence-electron chi connectivity index (χ1n) is 7.46. The molecule has 0 heterocycles. The van der Waals surface area contributed by atoms with E-state index in [1.165, 1.54) is 0 Å². The second-order valence-corrected chi connectivity index (χ2v) is 5.45. The van der Waals surface area contributed by atoms with Crippen LogP contribution in [0.5, 0.6) is 0 Å². The average Bonchev–Trinajstić information content (AvgIpc) is 2.50. The molecule has 116 valence electrons. The molecule has 0 aromatic heterocycles. The maximum atomic E-state index is 11.7. The lowest BCUT2D eigenvalue weighted by atomic mass is 10.1. The monoisotopic (exact) mass is 298 g/mol. The van der Waals surface area contributed by atoms with Crippen LogP contribution < -0.4 is 11.1 Å². The molecule has 0 aliphatic rings. The summed E-state index contributed by atoms with van der Waals surface area (Å²) in [6, 6.07) is 13.1. The van der Waals surface area contributed by atoms with E-state index in [2.05, 4.69) is 5.32 Å². The molecule has 0 unspecified atom stereocenters. The highest BCUT2D eigenvalue weighted by atomic mass is 16.3. The van der Waals surface area contributed by atoms with Gasteiger partial charge >= 0.3 is 0 Å². The number of rotatable bonds is 6. The van der Waals surface area contributed by atoms with E-state index in [4.69, 9.17) is 5.73 Å². The normalized spacial score (nSPS) is 12.0. The minimum atomic E-state index is -0.349. The van der Waals surface area contributed by atoms with Gasteiger partial charge in [0.05, 0.1) is 17.5 Å². The highest BCUT2D eigenvalue weighted by Gasteiger charge is 2.07. The van der Waals surface area contributed by atoms with E-state index in [0.717, 1.165) is 16.9 Å². The van der Waals surface area contributed by atoms with E-state index >= 15 is 0 Å². The fourth-order valence-electron chi connectivity index (χ4n) is 2.27. The van der Waals surface area contributed by atoms with Crippen molar-refractivity contribution in [3.8, 4) is 0 Å². The van der Waals surface area contributed by atoms with Crippen LogP contribution in [0.1, 0.15) is 36.2 Å². The summed E-state index contributed by atoms with van der Waals surface area (Å²) in [7, 11) is 0. The van der Waals surface area contributed by atoms with Gasteiger partial charge in [-0.25, -0.2) is 0 Å². The Kier molecular flexibility index (Phi) is 5.17. The van der Waals surface area contributed by atoms with Gasteiger partial charge in [-0.15, -0.1) is 0 Å². The Bertz CT molecular complexity index is 649. The molecule has 4 heteroatoms. The Morgan fingerprint density at radius 2 is 1.91 bits per heavy atom. The molecule has 0 bridgehead atoms. The second kappa shape index (κ2) is 7.09. The fourth-order valence-corrected chi connectivity index (χ4v) is 2.27. The zero-order valence-electron chi connectivity index (χ0n) is 13.0. The third-order valence-electron chi connectivity index (χ3n) is 3.46. The zero-order valence-corrected chi connectivity index (χ0v) is 13.0. The van der Waals surface area contributed by atoms with Gasteiger partial charge in [-0.05, 0) is 49.2 Å². The number of nitrogens with two attached hydrogens (primary N) is 1. The van der Waals surface area contributed by atoms with Crippen molar-refractivity contribution in [1.29, 1.82) is 0 Å². The molecule has 1 atom stereocenters. The third-order valence-corrected chi connectivity index (χ3v) is 3.46. The van der Waals surface area contributed by atoms with E-state index in [-0.39, 0.29) is 11.9 Å². The van der Waals surface area contributed by atoms with Crippen molar-refractivity contribution in [3.05, 3.63) is 53.6 Å². The molecule has 2 aromatic rings. The van der Waals surface area contributed by atoms with Crippen molar-refractivity contribution in [2.24, 2.45) is 0 Å². The fraction of sp³-hybridized carbons (Fsp3) is 0.278. The Balaban J connectivity index is 2.12. The molecule has 4 N–H and O–H groups in total. The maximum absolute atomic E-state index is 11.7. The lowest BCUT2D eigenvalue weighted by Crippen LogP contribution is -2.04. The summed E-state index contributed by atoms with van der Waals surface area (Å²) in [6.07, 6.45) is 0.755. The number of nitrogen functional groups attached to an aromatic ring is 1. The molecule has 0 aliphatic carbocycles. The Hall–Kier alpha value is -2.33. The molecule has 0 saturated carbocycles. The van der Waals surface area contributed by atoms with Gasteiger partial charge in [-0.2, -0.15) is 0 Å². The first-order valence-corrected chi connectivity index (χ1v) is 7.46. The molecule has 4 nitrogen and oxygen atoms in total. The van der Waals surface area contributed by atoms with E-state index in [1.54, 1.807) is 19.1 Å². The maximum Gasteiger partial charge on any atom is 0.162 e. The van der Waals surface area contributed by atoms with Gasteiger partial charge in [0, 0.05) is 17.7 Å². The summed E-state index contributed by atoms with van der Waals surface area (Å²) in [5.74, 6) is 0.0840. The number of aliphatic hydroxyl groups excluding tert-OH is 1. The molecule has 0 aliphatic heterocycles. The van der Waals surface area contributed by atoms with Gasteiger partial charge in [0.1, 0.15) is 0 Å². The standard InChI is InChI=1S/C18H22N2O2/c1-3-18(22)14-6-9-17(16(19)11-14)20-15-7-4-13(5-8-15)10-12(2)21/h4-9,11-12,20-21H,3,10,19H2,1-2H3/t12-/m1/s1. The summed E-state index contributed by atoms with van der Waals surface area (Å²) in [4.78, 5) is 11.7. The van der Waals surface area contributed by atoms with Crippen LogP contribution in [0.15, 0.2) is 42.5 Å². The van der Waals surface area contributed by atoms with Crippen molar-refractivity contribution < 1.29 is 9.90 Å². The highest BCUT2D eigenvalue weighted by Crippen LogP contribution is 2.25. The quantitative estimate of drug-likeness (QED) is 0.563. The molecule has 0 fully saturated rings. The molecular weight excluding hydrogens is 276 g/mol. The summed E-state index contributed by atoms with van der Waals surface area (Å²) < 4.78 is 0. The predicted molar refractivity (Wildman–Crippen MR) is 90.6 cm³/mol.